The van der Waals surface area contributed by atoms with Crippen molar-refractivity contribution in [3.05, 3.63) is 40.5 Å². The standard InChI is InChI=1S/C17H18ClN3O2S/c18-13-7-10(5-6-14(13)22)16-12-8-19-21(11-3-1-2-4-11)17(12)20-15(23)9-24-16/h5-8,11,16,22H,1-4,9H2,(H,20,23)/t16-/m0/s1. The maximum absolute atomic E-state index is 12.2. The number of amides is 1. The monoisotopic (exact) mass is 363 g/mol. The number of halogens is 1. The number of rotatable bonds is 2. The van der Waals surface area contributed by atoms with Crippen LogP contribution in [0.15, 0.2) is 24.4 Å². The fraction of sp³-hybridized carbons (Fsp3) is 0.412. The molecule has 0 bridgehead atoms. The number of phenolic OH excluding ortho intramolecular Hbond substituents is 1. The van der Waals surface area contributed by atoms with Crippen LogP contribution in [0.3, 0.4) is 0 Å². The molecule has 1 amide bonds. The SMILES string of the molecule is O=C1CS[C@@H](c2ccc(O)c(Cl)c2)c2cnn(C3CCCC3)c2N1. The molecule has 2 aromatic rings. The van der Waals surface area contributed by atoms with Crippen LogP contribution in [0.25, 0.3) is 0 Å². The molecule has 2 N–H and O–H groups in total. The number of hydrogen-bond donors (Lipinski definition) is 2. The van der Waals surface area contributed by atoms with Crippen LogP contribution in [0, 0.1) is 0 Å². The largest absolute Gasteiger partial charge is 0.506 e. The molecule has 126 valence electrons. The van der Waals surface area contributed by atoms with Gasteiger partial charge in [0.05, 0.1) is 28.3 Å². The number of nitrogens with one attached hydrogen (secondary N) is 1. The molecule has 0 unspecified atom stereocenters. The first-order valence-electron chi connectivity index (χ1n) is 8.11. The zero-order chi connectivity index (χ0) is 16.7. The van der Waals surface area contributed by atoms with Crippen LogP contribution in [0.2, 0.25) is 5.02 Å². The lowest BCUT2D eigenvalue weighted by Crippen LogP contribution is -2.18. The van der Waals surface area contributed by atoms with E-state index in [9.17, 15) is 9.90 Å². The highest BCUT2D eigenvalue weighted by Crippen LogP contribution is 2.44. The Kier molecular flexibility index (Phi) is 4.18. The highest BCUT2D eigenvalue weighted by molar-refractivity contribution is 8.00. The quantitative estimate of drug-likeness (QED) is 0.841. The molecular formula is C17H18ClN3O2S. The molecule has 24 heavy (non-hydrogen) atoms. The molecule has 0 radical (unpaired) electrons. The summed E-state index contributed by atoms with van der Waals surface area (Å²) < 4.78 is 1.99. The van der Waals surface area contributed by atoms with E-state index in [-0.39, 0.29) is 16.9 Å². The number of thioether (sulfide) groups is 1. The summed E-state index contributed by atoms with van der Waals surface area (Å²) in [7, 11) is 0. The van der Waals surface area contributed by atoms with Gasteiger partial charge in [0.2, 0.25) is 5.91 Å². The van der Waals surface area contributed by atoms with Crippen LogP contribution in [0.5, 0.6) is 5.75 Å². The third kappa shape index (κ3) is 2.78. The van der Waals surface area contributed by atoms with Gasteiger partial charge in [-0.2, -0.15) is 5.10 Å². The summed E-state index contributed by atoms with van der Waals surface area (Å²) in [6, 6.07) is 5.58. The third-order valence-corrected chi connectivity index (χ3v) is 6.28. The summed E-state index contributed by atoms with van der Waals surface area (Å²) in [5.74, 6) is 1.25. The van der Waals surface area contributed by atoms with Gasteiger partial charge in [0.15, 0.2) is 0 Å². The molecule has 1 saturated carbocycles. The number of anilines is 1. The number of aromatic hydroxyl groups is 1. The van der Waals surface area contributed by atoms with Crippen molar-refractivity contribution in [1.29, 1.82) is 0 Å². The van der Waals surface area contributed by atoms with Gasteiger partial charge < -0.3 is 10.4 Å². The average molecular weight is 364 g/mol. The molecule has 1 aromatic carbocycles. The summed E-state index contributed by atoms with van der Waals surface area (Å²) in [4.78, 5) is 12.2. The summed E-state index contributed by atoms with van der Waals surface area (Å²) in [6.45, 7) is 0. The zero-order valence-electron chi connectivity index (χ0n) is 13.0. The van der Waals surface area contributed by atoms with E-state index >= 15 is 0 Å². The van der Waals surface area contributed by atoms with Gasteiger partial charge in [-0.3, -0.25) is 4.79 Å². The van der Waals surface area contributed by atoms with Crippen molar-refractivity contribution in [3.63, 3.8) is 0 Å². The van der Waals surface area contributed by atoms with Crippen LogP contribution in [-0.2, 0) is 4.79 Å². The summed E-state index contributed by atoms with van der Waals surface area (Å²) >= 11 is 7.63. The molecule has 2 aliphatic rings. The molecule has 4 rings (SSSR count). The van der Waals surface area contributed by atoms with E-state index < -0.39 is 0 Å². The Morgan fingerprint density at radius 1 is 1.33 bits per heavy atom. The van der Waals surface area contributed by atoms with E-state index in [2.05, 4.69) is 10.4 Å². The molecule has 1 aromatic heterocycles. The molecule has 1 aliphatic heterocycles. The minimum absolute atomic E-state index is 0.00614. The Morgan fingerprint density at radius 3 is 2.88 bits per heavy atom. The average Bonchev–Trinajstić information content (AvgIpc) is 3.18. The predicted molar refractivity (Wildman–Crippen MR) is 95.8 cm³/mol. The number of fused-ring (bicyclic) bond motifs is 1. The predicted octanol–water partition coefficient (Wildman–Crippen LogP) is 4.13. The van der Waals surface area contributed by atoms with E-state index in [1.165, 1.54) is 12.8 Å². The lowest BCUT2D eigenvalue weighted by molar-refractivity contribution is -0.113. The van der Waals surface area contributed by atoms with Gasteiger partial charge in [-0.25, -0.2) is 4.68 Å². The van der Waals surface area contributed by atoms with E-state index in [0.29, 0.717) is 16.8 Å². The highest BCUT2D eigenvalue weighted by atomic mass is 35.5. The second-order valence-electron chi connectivity index (χ2n) is 6.28. The normalized spacial score (nSPS) is 21.4. The Hall–Kier alpha value is -1.66. The fourth-order valence-corrected chi connectivity index (χ4v) is 4.77. The van der Waals surface area contributed by atoms with Crippen LogP contribution >= 0.6 is 23.4 Å². The van der Waals surface area contributed by atoms with Crippen molar-refractivity contribution in [2.75, 3.05) is 11.1 Å². The van der Waals surface area contributed by atoms with Crippen molar-refractivity contribution in [3.8, 4) is 5.75 Å². The van der Waals surface area contributed by atoms with Crippen molar-refractivity contribution >= 4 is 35.1 Å². The lowest BCUT2D eigenvalue weighted by Gasteiger charge is -2.17. The first kappa shape index (κ1) is 15.8. The number of nitrogens with zero attached hydrogens (tertiary/aromatic N) is 2. The van der Waals surface area contributed by atoms with E-state index in [1.54, 1.807) is 23.9 Å². The minimum Gasteiger partial charge on any atom is -0.506 e. The zero-order valence-corrected chi connectivity index (χ0v) is 14.6. The first-order valence-corrected chi connectivity index (χ1v) is 9.53. The topological polar surface area (TPSA) is 67.1 Å². The maximum Gasteiger partial charge on any atom is 0.235 e. The van der Waals surface area contributed by atoms with Crippen molar-refractivity contribution in [2.24, 2.45) is 0 Å². The van der Waals surface area contributed by atoms with Crippen molar-refractivity contribution in [1.82, 2.24) is 9.78 Å². The molecule has 5 nitrogen and oxygen atoms in total. The number of phenols is 1. The van der Waals surface area contributed by atoms with Gasteiger partial charge in [0.25, 0.3) is 0 Å². The highest BCUT2D eigenvalue weighted by Gasteiger charge is 2.30. The van der Waals surface area contributed by atoms with Gasteiger partial charge in [0.1, 0.15) is 11.6 Å². The third-order valence-electron chi connectivity index (χ3n) is 4.69. The number of benzene rings is 1. The van der Waals surface area contributed by atoms with Gasteiger partial charge in [-0.1, -0.05) is 30.5 Å². The maximum atomic E-state index is 12.2. The van der Waals surface area contributed by atoms with Gasteiger partial charge in [-0.05, 0) is 30.5 Å². The number of hydrogen-bond acceptors (Lipinski definition) is 4. The summed E-state index contributed by atoms with van der Waals surface area (Å²) in [5, 5.41) is 17.6. The van der Waals surface area contributed by atoms with Gasteiger partial charge in [0, 0.05) is 5.56 Å². The summed E-state index contributed by atoms with van der Waals surface area (Å²) in [5.41, 5.74) is 1.96. The molecular weight excluding hydrogens is 346 g/mol. The van der Waals surface area contributed by atoms with Crippen LogP contribution < -0.4 is 5.32 Å². The molecule has 0 saturated heterocycles. The second kappa shape index (κ2) is 6.33. The van der Waals surface area contributed by atoms with E-state index in [0.717, 1.165) is 29.8 Å². The first-order chi connectivity index (χ1) is 11.6. The van der Waals surface area contributed by atoms with Crippen molar-refractivity contribution < 1.29 is 9.90 Å². The Morgan fingerprint density at radius 2 is 2.12 bits per heavy atom. The molecule has 7 heteroatoms. The summed E-state index contributed by atoms with van der Waals surface area (Å²) in [6.07, 6.45) is 6.48. The van der Waals surface area contributed by atoms with Crippen LogP contribution in [0.4, 0.5) is 5.82 Å². The molecule has 2 heterocycles. The minimum atomic E-state index is -0.0350. The Bertz CT molecular complexity index is 786. The second-order valence-corrected chi connectivity index (χ2v) is 7.78. The fourth-order valence-electron chi connectivity index (χ4n) is 3.50. The van der Waals surface area contributed by atoms with Crippen LogP contribution in [-0.4, -0.2) is 26.5 Å². The number of carbonyl (C=O) groups is 1. The van der Waals surface area contributed by atoms with Crippen molar-refractivity contribution in [2.45, 2.75) is 37.0 Å². The molecule has 1 fully saturated rings. The van der Waals surface area contributed by atoms with Crippen LogP contribution in [0.1, 0.15) is 48.1 Å². The van der Waals surface area contributed by atoms with E-state index in [4.69, 9.17) is 11.6 Å². The smallest absolute Gasteiger partial charge is 0.235 e. The number of carbonyl (C=O) groups excluding carboxylic acids is 1. The molecule has 1 aliphatic carbocycles. The number of aromatic nitrogens is 2. The Labute approximate surface area is 149 Å². The van der Waals surface area contributed by atoms with E-state index in [1.807, 2.05) is 16.9 Å². The van der Waals surface area contributed by atoms with Gasteiger partial charge in [-0.15, -0.1) is 11.8 Å². The van der Waals surface area contributed by atoms with Gasteiger partial charge >= 0.3 is 0 Å². The lowest BCUT2D eigenvalue weighted by atomic mass is 10.1. The molecule has 0 spiro atoms. The molecule has 1 atom stereocenters. The Balaban J connectivity index is 1.77.